The van der Waals surface area contributed by atoms with Crippen molar-refractivity contribution in [1.29, 1.82) is 0 Å². The molecule has 0 aliphatic rings. The van der Waals surface area contributed by atoms with E-state index in [0.29, 0.717) is 0 Å². The van der Waals surface area contributed by atoms with Gasteiger partial charge in [0.15, 0.2) is 0 Å². The Bertz CT molecular complexity index is 150. The Hall–Kier alpha value is 0.254. The third-order valence-corrected chi connectivity index (χ3v) is 1.19. The summed E-state index contributed by atoms with van der Waals surface area (Å²) in [4.78, 5) is 0. The van der Waals surface area contributed by atoms with Crippen molar-refractivity contribution in [3.8, 4) is 5.75 Å². The molecule has 0 N–H and O–H groups in total. The van der Waals surface area contributed by atoms with Gasteiger partial charge in [0.1, 0.15) is 0 Å². The van der Waals surface area contributed by atoms with Crippen molar-refractivity contribution in [3.05, 3.63) is 30.3 Å². The van der Waals surface area contributed by atoms with Gasteiger partial charge < -0.3 is 0 Å². The van der Waals surface area contributed by atoms with Crippen LogP contribution in [0.2, 0.25) is 0 Å². The van der Waals surface area contributed by atoms with Gasteiger partial charge in [-0.15, -0.1) is 0 Å². The van der Waals surface area contributed by atoms with Gasteiger partial charge in [0.25, 0.3) is 0 Å². The summed E-state index contributed by atoms with van der Waals surface area (Å²) >= 11 is 2.72. The summed E-state index contributed by atoms with van der Waals surface area (Å²) in [5.41, 5.74) is 0. The summed E-state index contributed by atoms with van der Waals surface area (Å²) in [6.45, 7) is 0. The molecular weight excluding hydrogens is 263 g/mol. The fraction of sp³-hybridized carbons (Fsp3) is 0. The van der Waals surface area contributed by atoms with Crippen LogP contribution < -0.4 is 1.55 Å². The molecule has 2 heteroatoms. The quantitative estimate of drug-likeness (QED) is 0.750. The van der Waals surface area contributed by atoms with E-state index in [2.05, 4.69) is 35.5 Å². The number of benzene rings is 1. The molecule has 1 aromatic carbocycles. The van der Waals surface area contributed by atoms with Crippen molar-refractivity contribution in [1.82, 2.24) is 0 Å². The molecule has 0 saturated carbocycles. The summed E-state index contributed by atoms with van der Waals surface area (Å²) in [6.07, 6.45) is 0. The molecule has 0 fully saturated rings. The van der Waals surface area contributed by atoms with Gasteiger partial charge >= 0.3 is 73.1 Å². The van der Waals surface area contributed by atoms with Crippen LogP contribution in [0, 0.1) is 35.5 Å². The van der Waals surface area contributed by atoms with Gasteiger partial charge in [-0.1, -0.05) is 0 Å². The topological polar surface area (TPSA) is 9.23 Å². The average Bonchev–Trinajstić information content (AvgIpc) is 1.90. The minimum atomic E-state index is 0.836. The van der Waals surface area contributed by atoms with Gasteiger partial charge in [-0.2, -0.15) is 0 Å². The number of hydrogen-bond acceptors (Lipinski definition) is 1. The standard InChI is InChI=1S/C6H6O.Lu/c7-6-4-2-1-3-5-6;/h1-5,7H;/q;+1/p-1. The first-order chi connectivity index (χ1) is 3.93. The molecule has 0 radical (unpaired) electrons. The minimum absolute atomic E-state index is 0.836. The first-order valence-corrected chi connectivity index (χ1v) is 2.90. The molecule has 1 rings (SSSR count). The molecule has 0 aromatic heterocycles. The van der Waals surface area contributed by atoms with Gasteiger partial charge in [-0.05, 0) is 0 Å². The van der Waals surface area contributed by atoms with Crippen LogP contribution in [0.15, 0.2) is 30.3 Å². The molecule has 1 nitrogen and oxygen atoms in total. The number of para-hydroxylation sites is 1. The Morgan fingerprint density at radius 1 is 1.12 bits per heavy atom. The Morgan fingerprint density at radius 3 is 2.12 bits per heavy atom. The first kappa shape index (κ1) is 6.37. The Labute approximate surface area is 72.6 Å². The van der Waals surface area contributed by atoms with E-state index in [1.165, 1.54) is 0 Å². The van der Waals surface area contributed by atoms with Crippen LogP contribution in [0.25, 0.3) is 0 Å². The predicted molar refractivity (Wildman–Crippen MR) is 27.1 cm³/mol. The molecule has 0 saturated heterocycles. The molecule has 0 atom stereocenters. The molecule has 0 aliphatic carbocycles. The molecule has 0 aliphatic heterocycles. The van der Waals surface area contributed by atoms with E-state index in [1.54, 1.807) is 0 Å². The second kappa shape index (κ2) is 3.31. The zero-order chi connectivity index (χ0) is 5.82. The van der Waals surface area contributed by atoms with Gasteiger partial charge in [0, 0.05) is 0 Å². The van der Waals surface area contributed by atoms with Gasteiger partial charge in [-0.25, -0.2) is 0 Å². The maximum absolute atomic E-state index is 4.75. The molecule has 1 aromatic rings. The molecule has 8 heavy (non-hydrogen) atoms. The summed E-state index contributed by atoms with van der Waals surface area (Å²) < 4.78 is 4.75. The molecule has 0 amide bonds. The number of rotatable bonds is 1. The molecular formula is C6H5LuO. The third kappa shape index (κ3) is 1.64. The van der Waals surface area contributed by atoms with E-state index < -0.39 is 0 Å². The zero-order valence-electron chi connectivity index (χ0n) is 4.05. The molecule has 0 unspecified atom stereocenters. The Morgan fingerprint density at radius 2 is 1.75 bits per heavy atom. The van der Waals surface area contributed by atoms with Crippen molar-refractivity contribution in [2.24, 2.45) is 0 Å². The molecule has 0 heterocycles. The van der Waals surface area contributed by atoms with Crippen LogP contribution in [0.5, 0.6) is 5.75 Å². The van der Waals surface area contributed by atoms with Crippen molar-refractivity contribution < 1.29 is 37.1 Å². The van der Waals surface area contributed by atoms with E-state index in [-0.39, 0.29) is 0 Å². The van der Waals surface area contributed by atoms with Crippen LogP contribution in [0.3, 0.4) is 0 Å². The summed E-state index contributed by atoms with van der Waals surface area (Å²) in [5.74, 6) is 0.836. The molecule has 0 bridgehead atoms. The average molecular weight is 268 g/mol. The van der Waals surface area contributed by atoms with E-state index in [9.17, 15) is 0 Å². The van der Waals surface area contributed by atoms with Gasteiger partial charge in [-0.3, -0.25) is 0 Å². The van der Waals surface area contributed by atoms with Crippen LogP contribution >= 0.6 is 0 Å². The maximum atomic E-state index is 4.75. The van der Waals surface area contributed by atoms with Crippen molar-refractivity contribution in [2.75, 3.05) is 0 Å². The van der Waals surface area contributed by atoms with E-state index in [1.807, 2.05) is 30.3 Å². The van der Waals surface area contributed by atoms with Crippen molar-refractivity contribution in [2.45, 2.75) is 0 Å². The van der Waals surface area contributed by atoms with E-state index >= 15 is 0 Å². The summed E-state index contributed by atoms with van der Waals surface area (Å²) in [6, 6.07) is 9.53. The Balaban J connectivity index is 2.83. The molecule has 0 spiro atoms. The fourth-order valence-corrected chi connectivity index (χ4v) is 0.681. The zero-order valence-corrected chi connectivity index (χ0v) is 5.71. The fourth-order valence-electron chi connectivity index (χ4n) is 0.456. The summed E-state index contributed by atoms with van der Waals surface area (Å²) in [7, 11) is 0. The second-order valence-corrected chi connectivity index (χ2v) is 1.70. The summed E-state index contributed by atoms with van der Waals surface area (Å²) in [5, 5.41) is 0. The SMILES string of the molecule is [Lu][O]c1ccccc1. The van der Waals surface area contributed by atoms with Crippen molar-refractivity contribution in [3.63, 3.8) is 0 Å². The van der Waals surface area contributed by atoms with Crippen LogP contribution in [0.1, 0.15) is 0 Å². The molecule has 50 valence electrons. The predicted octanol–water partition coefficient (Wildman–Crippen LogP) is 1.53. The first-order valence-electron chi connectivity index (χ1n) is 2.22. The van der Waals surface area contributed by atoms with E-state index in [0.717, 1.165) is 5.75 Å². The van der Waals surface area contributed by atoms with Crippen molar-refractivity contribution >= 4 is 0 Å². The van der Waals surface area contributed by atoms with E-state index in [4.69, 9.17) is 1.55 Å². The second-order valence-electron chi connectivity index (χ2n) is 1.37. The van der Waals surface area contributed by atoms with Crippen LogP contribution in [-0.2, 0) is 0 Å². The third-order valence-electron chi connectivity index (χ3n) is 0.804. The van der Waals surface area contributed by atoms with Gasteiger partial charge in [0.2, 0.25) is 0 Å². The monoisotopic (exact) mass is 268 g/mol. The van der Waals surface area contributed by atoms with Crippen LogP contribution in [-0.4, -0.2) is 0 Å². The van der Waals surface area contributed by atoms with Gasteiger partial charge in [0.05, 0.1) is 0 Å². The van der Waals surface area contributed by atoms with Crippen LogP contribution in [0.4, 0.5) is 0 Å². The number of hydrogen-bond donors (Lipinski definition) is 0. The Kier molecular flexibility index (Phi) is 2.64. The normalized spacial score (nSPS) is 8.75.